The number of aliphatic imine (C=N–C) groups is 1. The molecular weight excluding hydrogens is 356 g/mol. The Morgan fingerprint density at radius 1 is 0.815 bits per heavy atom. The molecule has 0 aromatic heterocycles. The van der Waals surface area contributed by atoms with Crippen molar-refractivity contribution in [1.29, 1.82) is 0 Å². The summed E-state index contributed by atoms with van der Waals surface area (Å²) < 4.78 is 0.917. The lowest BCUT2D eigenvalue weighted by molar-refractivity contribution is -0.829. The summed E-state index contributed by atoms with van der Waals surface area (Å²) in [4.78, 5) is 4.38. The van der Waals surface area contributed by atoms with E-state index < -0.39 is 0 Å². The Morgan fingerprint density at radius 2 is 1.37 bits per heavy atom. The molecule has 1 aliphatic rings. The number of unbranched alkanes of at least 4 members (excludes halogenated alkanes) is 12. The van der Waals surface area contributed by atoms with Crippen LogP contribution in [0.5, 0.6) is 0 Å². The zero-order valence-electron chi connectivity index (χ0n) is 17.9. The predicted molar refractivity (Wildman–Crippen MR) is 115 cm³/mol. The first-order valence-electron chi connectivity index (χ1n) is 11.5. The molecule has 0 aromatic carbocycles. The Hall–Kier alpha value is -0.380. The van der Waals surface area contributed by atoms with Crippen LogP contribution in [0, 0.1) is 0 Å². The molecule has 0 aliphatic carbocycles. The van der Waals surface area contributed by atoms with E-state index in [1.54, 1.807) is 0 Å². The third-order valence-electron chi connectivity index (χ3n) is 5.66. The zero-order chi connectivity index (χ0) is 18.8. The standard InChI is InChI=1S/C23H45N2O.ClH/c1-2-3-4-5-6-7-8-9-10-11-12-13-14-15-16-17-19-25(21-22-26)20-18-24-23-25;/h9-10,23,26H,2-8,11-22H2,1H3;1H/q+1;/p-1. The van der Waals surface area contributed by atoms with E-state index in [-0.39, 0.29) is 19.0 Å². The molecule has 1 atom stereocenters. The number of hydrogen-bond donors (Lipinski definition) is 1. The van der Waals surface area contributed by atoms with E-state index >= 15 is 0 Å². The molecule has 0 radical (unpaired) electrons. The summed E-state index contributed by atoms with van der Waals surface area (Å²) in [7, 11) is 0. The molecule has 1 N–H and O–H groups in total. The van der Waals surface area contributed by atoms with Crippen LogP contribution in [-0.2, 0) is 0 Å². The van der Waals surface area contributed by atoms with Crippen molar-refractivity contribution >= 4 is 6.34 Å². The average molecular weight is 401 g/mol. The fourth-order valence-electron chi connectivity index (χ4n) is 3.87. The summed E-state index contributed by atoms with van der Waals surface area (Å²) in [6, 6.07) is 0. The normalized spacial score (nSPS) is 19.0. The summed E-state index contributed by atoms with van der Waals surface area (Å²) in [5.74, 6) is 0. The molecule has 1 heterocycles. The minimum absolute atomic E-state index is 0. The molecular formula is C23H45ClN2O. The number of nitrogens with zero attached hydrogens (tertiary/aromatic N) is 2. The monoisotopic (exact) mass is 400 g/mol. The van der Waals surface area contributed by atoms with Gasteiger partial charge in [0, 0.05) is 0 Å². The van der Waals surface area contributed by atoms with Crippen LogP contribution in [-0.4, -0.2) is 48.7 Å². The molecule has 4 heteroatoms. The van der Waals surface area contributed by atoms with Gasteiger partial charge in [-0.15, -0.1) is 0 Å². The van der Waals surface area contributed by atoms with E-state index in [4.69, 9.17) is 0 Å². The lowest BCUT2D eigenvalue weighted by Crippen LogP contribution is -3.00. The first-order valence-corrected chi connectivity index (χ1v) is 11.5. The molecule has 3 nitrogen and oxygen atoms in total. The van der Waals surface area contributed by atoms with Crippen molar-refractivity contribution in [3.63, 3.8) is 0 Å². The number of quaternary nitrogens is 1. The smallest absolute Gasteiger partial charge is 0.185 e. The van der Waals surface area contributed by atoms with Crippen LogP contribution in [0.2, 0.25) is 0 Å². The third kappa shape index (κ3) is 14.3. The van der Waals surface area contributed by atoms with Crippen LogP contribution < -0.4 is 12.4 Å². The van der Waals surface area contributed by atoms with Gasteiger partial charge in [0.25, 0.3) is 0 Å². The van der Waals surface area contributed by atoms with Crippen LogP contribution in [0.3, 0.4) is 0 Å². The second-order valence-electron chi connectivity index (χ2n) is 8.07. The van der Waals surface area contributed by atoms with Crippen molar-refractivity contribution in [2.45, 2.75) is 96.8 Å². The number of rotatable bonds is 18. The highest BCUT2D eigenvalue weighted by atomic mass is 35.5. The maximum absolute atomic E-state index is 9.24. The Kier molecular flexibility index (Phi) is 18.7. The van der Waals surface area contributed by atoms with E-state index in [2.05, 4.69) is 30.4 Å². The van der Waals surface area contributed by atoms with Gasteiger partial charge in [-0.3, -0.25) is 4.48 Å². The van der Waals surface area contributed by atoms with Crippen molar-refractivity contribution in [1.82, 2.24) is 0 Å². The van der Waals surface area contributed by atoms with Crippen molar-refractivity contribution < 1.29 is 22.0 Å². The molecule has 0 bridgehead atoms. The Morgan fingerprint density at radius 3 is 1.89 bits per heavy atom. The SMILES string of the molecule is CCCCCCCCC=CCCCCCCCC[N+]1(CCO)C=NCC1.[Cl-]. The van der Waals surface area contributed by atoms with E-state index in [9.17, 15) is 5.11 Å². The van der Waals surface area contributed by atoms with Crippen molar-refractivity contribution in [2.75, 3.05) is 32.8 Å². The molecule has 160 valence electrons. The van der Waals surface area contributed by atoms with Gasteiger partial charge in [-0.25, -0.2) is 4.99 Å². The number of hydrogen-bond acceptors (Lipinski definition) is 2. The Balaban J connectivity index is 0.00000676. The van der Waals surface area contributed by atoms with Gasteiger partial charge >= 0.3 is 0 Å². The molecule has 0 saturated carbocycles. The van der Waals surface area contributed by atoms with Gasteiger partial charge in [-0.05, 0) is 38.5 Å². The highest BCUT2D eigenvalue weighted by Gasteiger charge is 2.27. The van der Waals surface area contributed by atoms with Crippen LogP contribution in [0.4, 0.5) is 0 Å². The van der Waals surface area contributed by atoms with E-state index in [0.29, 0.717) is 0 Å². The zero-order valence-corrected chi connectivity index (χ0v) is 18.6. The molecule has 0 saturated heterocycles. The highest BCUT2D eigenvalue weighted by molar-refractivity contribution is 5.48. The maximum Gasteiger partial charge on any atom is 0.185 e. The molecule has 0 amide bonds. The molecule has 0 aromatic rings. The maximum atomic E-state index is 9.24. The quantitative estimate of drug-likeness (QED) is 0.214. The van der Waals surface area contributed by atoms with Gasteiger partial charge in [0.2, 0.25) is 0 Å². The molecule has 1 aliphatic heterocycles. The van der Waals surface area contributed by atoms with Crippen molar-refractivity contribution in [2.24, 2.45) is 4.99 Å². The van der Waals surface area contributed by atoms with Gasteiger partial charge in [0.1, 0.15) is 13.1 Å². The minimum Gasteiger partial charge on any atom is -1.00 e. The van der Waals surface area contributed by atoms with Crippen molar-refractivity contribution in [3.8, 4) is 0 Å². The number of halogens is 1. The summed E-state index contributed by atoms with van der Waals surface area (Å²) in [6.07, 6.45) is 25.9. The predicted octanol–water partition coefficient (Wildman–Crippen LogP) is 2.88. The summed E-state index contributed by atoms with van der Waals surface area (Å²) in [6.45, 7) is 6.58. The van der Waals surface area contributed by atoms with E-state index in [0.717, 1.165) is 30.7 Å². The van der Waals surface area contributed by atoms with Gasteiger partial charge in [-0.2, -0.15) is 0 Å². The number of aliphatic hydroxyl groups excluding tert-OH is 1. The molecule has 0 fully saturated rings. The van der Waals surface area contributed by atoms with Crippen LogP contribution in [0.25, 0.3) is 0 Å². The summed E-state index contributed by atoms with van der Waals surface area (Å²) in [5.41, 5.74) is 0. The summed E-state index contributed by atoms with van der Waals surface area (Å²) >= 11 is 0. The number of aliphatic hydroxyl groups is 1. The highest BCUT2D eigenvalue weighted by Crippen LogP contribution is 2.14. The second kappa shape index (κ2) is 19.0. The lowest BCUT2D eigenvalue weighted by Gasteiger charge is -2.29. The largest absolute Gasteiger partial charge is 1.00 e. The van der Waals surface area contributed by atoms with Crippen LogP contribution >= 0.6 is 0 Å². The van der Waals surface area contributed by atoms with Gasteiger partial charge < -0.3 is 17.5 Å². The first kappa shape index (κ1) is 26.6. The van der Waals surface area contributed by atoms with E-state index in [1.165, 1.54) is 89.9 Å². The Bertz CT molecular complexity index is 373. The molecule has 27 heavy (non-hydrogen) atoms. The molecule has 1 unspecified atom stereocenters. The summed E-state index contributed by atoms with van der Waals surface area (Å²) in [5, 5.41) is 9.24. The fourth-order valence-corrected chi connectivity index (χ4v) is 3.87. The minimum atomic E-state index is 0. The first-order chi connectivity index (χ1) is 12.8. The van der Waals surface area contributed by atoms with E-state index in [1.807, 2.05) is 0 Å². The Labute approximate surface area is 175 Å². The lowest BCUT2D eigenvalue weighted by atomic mass is 10.1. The third-order valence-corrected chi connectivity index (χ3v) is 5.66. The van der Waals surface area contributed by atoms with Gasteiger partial charge in [0.05, 0.1) is 19.7 Å². The fraction of sp³-hybridized carbons (Fsp3) is 0.870. The molecule has 1 rings (SSSR count). The molecule has 0 spiro atoms. The van der Waals surface area contributed by atoms with Crippen molar-refractivity contribution in [3.05, 3.63) is 12.2 Å². The average Bonchev–Trinajstić information content (AvgIpc) is 3.10. The topological polar surface area (TPSA) is 32.6 Å². The second-order valence-corrected chi connectivity index (χ2v) is 8.07. The van der Waals surface area contributed by atoms with Gasteiger partial charge in [-0.1, -0.05) is 70.4 Å². The van der Waals surface area contributed by atoms with Gasteiger partial charge in [0.15, 0.2) is 6.34 Å². The van der Waals surface area contributed by atoms with Crippen LogP contribution in [0.15, 0.2) is 17.1 Å². The van der Waals surface area contributed by atoms with Crippen LogP contribution in [0.1, 0.15) is 96.8 Å². The number of allylic oxidation sites excluding steroid dienone is 2.